The molecule has 0 aliphatic heterocycles. The molecule has 0 unspecified atom stereocenters. The molecule has 7 heteroatoms. The molecule has 0 spiro atoms. The molecule has 0 saturated heterocycles. The van der Waals surface area contributed by atoms with Gasteiger partial charge < -0.3 is 10.8 Å². The van der Waals surface area contributed by atoms with Crippen molar-refractivity contribution >= 4 is 23.3 Å². The zero-order valence-corrected chi connectivity index (χ0v) is 15.3. The first kappa shape index (κ1) is 21.5. The molecule has 26 heavy (non-hydrogen) atoms. The van der Waals surface area contributed by atoms with Gasteiger partial charge in [0, 0.05) is 18.7 Å². The quantitative estimate of drug-likeness (QED) is 0.327. The normalized spacial score (nSPS) is 10.0. The molecule has 0 bridgehead atoms. The Bertz CT molecular complexity index is 830. The van der Waals surface area contributed by atoms with Gasteiger partial charge in [0.25, 0.3) is 0 Å². The average molecular weight is 378 g/mol. The van der Waals surface area contributed by atoms with Crippen molar-refractivity contribution in [3.63, 3.8) is 0 Å². The molecular weight excluding hydrogens is 357 g/mol. The lowest BCUT2D eigenvalue weighted by Gasteiger charge is -2.13. The lowest BCUT2D eigenvalue weighted by atomic mass is 9.94. The first-order valence-corrected chi connectivity index (χ1v) is 8.21. The number of hydrogen-bond donors (Lipinski definition) is 3. The predicted octanol–water partition coefficient (Wildman–Crippen LogP) is 3.61. The van der Waals surface area contributed by atoms with E-state index in [2.05, 4.69) is 5.92 Å². The van der Waals surface area contributed by atoms with Gasteiger partial charge in [-0.3, -0.25) is 5.84 Å². The second kappa shape index (κ2) is 9.78. The van der Waals surface area contributed by atoms with Crippen LogP contribution in [0.5, 0.6) is 0 Å². The molecule has 0 aromatic heterocycles. The highest BCUT2D eigenvalue weighted by Gasteiger charge is 2.20. The number of nitrogen functional groups attached to an aromatic ring is 1. The number of terminal acetylenes is 1. The molecule has 5 N–H and O–H groups in total. The number of hydrazine groups is 1. The van der Waals surface area contributed by atoms with Crippen molar-refractivity contribution in [2.24, 2.45) is 5.84 Å². The summed E-state index contributed by atoms with van der Waals surface area (Å²) in [6.45, 7) is 5.94. The maximum absolute atomic E-state index is 13.3. The van der Waals surface area contributed by atoms with Crippen LogP contribution in [0.15, 0.2) is 30.3 Å². The number of aromatic carboxylic acids is 1. The number of carboxylic acids is 1. The van der Waals surface area contributed by atoms with Gasteiger partial charge >= 0.3 is 5.97 Å². The molecule has 2 aromatic carbocycles. The van der Waals surface area contributed by atoms with Crippen molar-refractivity contribution in [1.82, 2.24) is 5.01 Å². The third kappa shape index (κ3) is 5.20. The zero-order chi connectivity index (χ0) is 19.9. The maximum atomic E-state index is 13.3. The fraction of sp³-hybridized carbons (Fsp3) is 0.211. The van der Waals surface area contributed by atoms with E-state index in [1.807, 2.05) is 13.8 Å². The second-order valence-corrected chi connectivity index (χ2v) is 5.66. The van der Waals surface area contributed by atoms with Gasteiger partial charge in [0.2, 0.25) is 0 Å². The highest BCUT2D eigenvalue weighted by atomic mass is 35.5. The van der Waals surface area contributed by atoms with Crippen LogP contribution in [0.25, 0.3) is 11.1 Å². The lowest BCUT2D eigenvalue weighted by Crippen LogP contribution is -2.29. The van der Waals surface area contributed by atoms with E-state index < -0.39 is 11.8 Å². The minimum atomic E-state index is -1.22. The van der Waals surface area contributed by atoms with E-state index in [-0.39, 0.29) is 27.4 Å². The van der Waals surface area contributed by atoms with Crippen LogP contribution in [0.1, 0.15) is 29.8 Å². The van der Waals surface area contributed by atoms with Crippen LogP contribution in [0.2, 0.25) is 5.02 Å². The molecule has 2 aromatic rings. The summed E-state index contributed by atoms with van der Waals surface area (Å²) in [4.78, 5) is 11.3. The summed E-state index contributed by atoms with van der Waals surface area (Å²) in [6, 6.07) is 6.66. The lowest BCUT2D eigenvalue weighted by molar-refractivity contribution is 0.0697. The molecule has 0 heterocycles. The van der Waals surface area contributed by atoms with E-state index in [1.165, 1.54) is 24.3 Å². The maximum Gasteiger partial charge on any atom is 0.336 e. The highest BCUT2D eigenvalue weighted by Crippen LogP contribution is 2.36. The van der Waals surface area contributed by atoms with Gasteiger partial charge in [0.05, 0.1) is 21.8 Å². The Morgan fingerprint density at radius 3 is 2.38 bits per heavy atom. The smallest absolute Gasteiger partial charge is 0.336 e. The van der Waals surface area contributed by atoms with Gasteiger partial charge in [-0.05, 0) is 23.8 Å². The first-order chi connectivity index (χ1) is 12.3. The van der Waals surface area contributed by atoms with Gasteiger partial charge in [-0.1, -0.05) is 43.5 Å². The molecule has 0 amide bonds. The van der Waals surface area contributed by atoms with Crippen LogP contribution in [0, 0.1) is 18.2 Å². The summed E-state index contributed by atoms with van der Waals surface area (Å²) in [7, 11) is 0. The molecule has 0 fully saturated rings. The number of anilines is 1. The first-order valence-electron chi connectivity index (χ1n) is 7.84. The molecule has 0 aliphatic carbocycles. The second-order valence-electron chi connectivity index (χ2n) is 5.25. The van der Waals surface area contributed by atoms with Crippen molar-refractivity contribution in [3.05, 3.63) is 52.3 Å². The van der Waals surface area contributed by atoms with Crippen LogP contribution in [0.4, 0.5) is 10.1 Å². The topological polar surface area (TPSA) is 92.6 Å². The van der Waals surface area contributed by atoms with E-state index in [1.54, 1.807) is 11.1 Å². The Labute approximate surface area is 157 Å². The molecule has 0 radical (unpaired) electrons. The van der Waals surface area contributed by atoms with Crippen LogP contribution in [-0.4, -0.2) is 29.2 Å². The third-order valence-corrected chi connectivity index (χ3v) is 3.92. The molecule has 138 valence electrons. The molecular formula is C19H21ClFN3O2. The largest absolute Gasteiger partial charge is 0.478 e. The van der Waals surface area contributed by atoms with E-state index >= 15 is 0 Å². The van der Waals surface area contributed by atoms with E-state index in [0.717, 1.165) is 13.1 Å². The fourth-order valence-corrected chi connectivity index (χ4v) is 2.43. The number of nitrogens with zero attached hydrogens (tertiary/aromatic N) is 1. The average Bonchev–Trinajstić information content (AvgIpc) is 2.61. The fourth-order valence-electron chi connectivity index (χ4n) is 2.16. The van der Waals surface area contributed by atoms with Gasteiger partial charge in [-0.2, -0.15) is 0 Å². The van der Waals surface area contributed by atoms with Crippen molar-refractivity contribution in [2.45, 2.75) is 13.8 Å². The van der Waals surface area contributed by atoms with Crippen molar-refractivity contribution in [3.8, 4) is 23.5 Å². The zero-order valence-electron chi connectivity index (χ0n) is 14.6. The van der Waals surface area contributed by atoms with E-state index in [0.29, 0.717) is 5.56 Å². The van der Waals surface area contributed by atoms with Gasteiger partial charge in [-0.15, -0.1) is 6.42 Å². The number of carbonyl (C=O) groups is 1. The van der Waals surface area contributed by atoms with Crippen molar-refractivity contribution < 1.29 is 14.3 Å². The Morgan fingerprint density at radius 2 is 1.96 bits per heavy atom. The summed E-state index contributed by atoms with van der Waals surface area (Å²) in [5.41, 5.74) is 6.50. The number of hydrogen-bond acceptors (Lipinski definition) is 4. The number of nitrogens with two attached hydrogens (primary N) is 2. The van der Waals surface area contributed by atoms with Gasteiger partial charge in [0.1, 0.15) is 5.82 Å². The van der Waals surface area contributed by atoms with E-state index in [4.69, 9.17) is 29.6 Å². The minimum Gasteiger partial charge on any atom is -0.478 e. The number of carboxylic acid groups (broad SMARTS) is 1. The van der Waals surface area contributed by atoms with Crippen LogP contribution >= 0.6 is 11.6 Å². The number of rotatable bonds is 4. The monoisotopic (exact) mass is 377 g/mol. The molecule has 0 atom stereocenters. The van der Waals surface area contributed by atoms with E-state index in [9.17, 15) is 14.3 Å². The number of benzene rings is 2. The van der Waals surface area contributed by atoms with Crippen LogP contribution in [-0.2, 0) is 0 Å². The molecule has 5 nitrogen and oxygen atoms in total. The molecule has 0 saturated carbocycles. The standard InChI is InChI=1S/C15H9ClFNO2.C4H12N2/c1-2-10-12(16)7-11(15(19)20)13(14(10)18)8-4-3-5-9(17)6-8;1-3-6(5)4-2/h1,3-7H,18H2,(H,19,20);3-5H2,1-2H3. The van der Waals surface area contributed by atoms with Crippen LogP contribution in [0.3, 0.4) is 0 Å². The predicted molar refractivity (Wildman–Crippen MR) is 103 cm³/mol. The molecule has 2 rings (SSSR count). The summed E-state index contributed by atoms with van der Waals surface area (Å²) in [5, 5.41) is 11.1. The van der Waals surface area contributed by atoms with Crippen molar-refractivity contribution in [2.75, 3.05) is 18.8 Å². The SMILES string of the molecule is C#Cc1c(Cl)cc(C(=O)O)c(-c2cccc(F)c2)c1N.CCN(N)CC. The van der Waals surface area contributed by atoms with Gasteiger partial charge in [-0.25, -0.2) is 14.2 Å². The van der Waals surface area contributed by atoms with Crippen molar-refractivity contribution in [1.29, 1.82) is 0 Å². The summed E-state index contributed by atoms with van der Waals surface area (Å²) in [5.74, 6) is 5.89. The van der Waals surface area contributed by atoms with Gasteiger partial charge in [0.15, 0.2) is 0 Å². The Morgan fingerprint density at radius 1 is 1.35 bits per heavy atom. The summed E-state index contributed by atoms with van der Waals surface area (Å²) >= 11 is 5.91. The summed E-state index contributed by atoms with van der Waals surface area (Å²) in [6.07, 6.45) is 5.32. The summed E-state index contributed by atoms with van der Waals surface area (Å²) < 4.78 is 13.3. The highest BCUT2D eigenvalue weighted by molar-refractivity contribution is 6.33. The van der Waals surface area contributed by atoms with Crippen LogP contribution < -0.4 is 11.6 Å². The Kier molecular flexibility index (Phi) is 8.07. The third-order valence-electron chi connectivity index (χ3n) is 3.62. The minimum absolute atomic E-state index is 0.0444. The Hall–Kier alpha value is -2.59. The Balaban J connectivity index is 0.000000487. The molecule has 0 aliphatic rings. The number of halogens is 2.